The van der Waals surface area contributed by atoms with E-state index in [1.165, 1.54) is 13.1 Å². The molecule has 4 nitrogen and oxygen atoms in total. The van der Waals surface area contributed by atoms with Crippen LogP contribution in [0.5, 0.6) is 0 Å². The summed E-state index contributed by atoms with van der Waals surface area (Å²) in [7, 11) is 2.23. The number of rotatable bonds is 8. The van der Waals surface area contributed by atoms with Crippen LogP contribution in [0.1, 0.15) is 34.1 Å². The molecule has 0 spiro atoms. The highest BCUT2D eigenvalue weighted by molar-refractivity contribution is 4.90. The van der Waals surface area contributed by atoms with Gasteiger partial charge in [0.2, 0.25) is 0 Å². The van der Waals surface area contributed by atoms with E-state index in [1.807, 2.05) is 6.92 Å². The second-order valence-corrected chi connectivity index (χ2v) is 6.31. The zero-order valence-electron chi connectivity index (χ0n) is 13.5. The van der Waals surface area contributed by atoms with Crippen LogP contribution in [-0.4, -0.2) is 74.4 Å². The van der Waals surface area contributed by atoms with E-state index in [0.717, 1.165) is 39.3 Å². The summed E-state index contributed by atoms with van der Waals surface area (Å²) in [5, 5.41) is 3.54. The van der Waals surface area contributed by atoms with Gasteiger partial charge >= 0.3 is 0 Å². The molecule has 1 saturated heterocycles. The second-order valence-electron chi connectivity index (χ2n) is 6.31. The van der Waals surface area contributed by atoms with Crippen molar-refractivity contribution in [2.75, 3.05) is 53.0 Å². The Morgan fingerprint density at radius 3 is 2.68 bits per heavy atom. The summed E-state index contributed by atoms with van der Waals surface area (Å²) >= 11 is 0. The Morgan fingerprint density at radius 2 is 2.05 bits per heavy atom. The lowest BCUT2D eigenvalue weighted by Crippen LogP contribution is -2.60. The van der Waals surface area contributed by atoms with E-state index >= 15 is 0 Å². The molecule has 0 radical (unpaired) electrons. The second kappa shape index (κ2) is 8.20. The minimum Gasteiger partial charge on any atom is -0.382 e. The predicted octanol–water partition coefficient (Wildman–Crippen LogP) is 1.42. The average Bonchev–Trinajstić information content (AvgIpc) is 2.36. The summed E-state index contributed by atoms with van der Waals surface area (Å²) in [5.41, 5.74) is 0.293. The SMILES string of the molecule is CCOCCCNCC(C)N1CCN(C)C(C)(C)C1. The summed E-state index contributed by atoms with van der Waals surface area (Å²) in [4.78, 5) is 5.07. The maximum absolute atomic E-state index is 5.34. The number of likely N-dealkylation sites (N-methyl/N-ethyl adjacent to an activating group) is 1. The van der Waals surface area contributed by atoms with Gasteiger partial charge in [-0.3, -0.25) is 9.80 Å². The molecule has 1 rings (SSSR count). The molecule has 0 amide bonds. The van der Waals surface area contributed by atoms with Gasteiger partial charge in [-0.25, -0.2) is 0 Å². The lowest BCUT2D eigenvalue weighted by Gasteiger charge is -2.47. The van der Waals surface area contributed by atoms with Gasteiger partial charge in [-0.1, -0.05) is 0 Å². The number of piperazine rings is 1. The van der Waals surface area contributed by atoms with Crippen molar-refractivity contribution >= 4 is 0 Å². The average molecular weight is 271 g/mol. The summed E-state index contributed by atoms with van der Waals surface area (Å²) in [6.45, 7) is 16.4. The normalized spacial score (nSPS) is 22.6. The van der Waals surface area contributed by atoms with Crippen molar-refractivity contribution in [2.45, 2.75) is 45.7 Å². The number of hydrogen-bond acceptors (Lipinski definition) is 4. The molecule has 1 unspecified atom stereocenters. The summed E-state index contributed by atoms with van der Waals surface area (Å²) in [5.74, 6) is 0. The third-order valence-corrected chi connectivity index (χ3v) is 4.26. The van der Waals surface area contributed by atoms with Crippen molar-refractivity contribution in [3.63, 3.8) is 0 Å². The van der Waals surface area contributed by atoms with Gasteiger partial charge in [0.1, 0.15) is 0 Å². The molecule has 0 aromatic carbocycles. The third kappa shape index (κ3) is 5.78. The zero-order valence-corrected chi connectivity index (χ0v) is 13.5. The lowest BCUT2D eigenvalue weighted by atomic mass is 9.98. The number of ether oxygens (including phenoxy) is 1. The smallest absolute Gasteiger partial charge is 0.0477 e. The quantitative estimate of drug-likeness (QED) is 0.676. The van der Waals surface area contributed by atoms with E-state index in [0.29, 0.717) is 11.6 Å². The molecule has 0 aliphatic carbocycles. The highest BCUT2D eigenvalue weighted by atomic mass is 16.5. The van der Waals surface area contributed by atoms with Gasteiger partial charge < -0.3 is 10.1 Å². The molecule has 114 valence electrons. The topological polar surface area (TPSA) is 27.7 Å². The first-order valence-electron chi connectivity index (χ1n) is 7.71. The highest BCUT2D eigenvalue weighted by Crippen LogP contribution is 2.20. The van der Waals surface area contributed by atoms with Gasteiger partial charge in [-0.05, 0) is 47.7 Å². The van der Waals surface area contributed by atoms with Crippen molar-refractivity contribution in [3.05, 3.63) is 0 Å². The van der Waals surface area contributed by atoms with Crippen LogP contribution in [0.2, 0.25) is 0 Å². The summed E-state index contributed by atoms with van der Waals surface area (Å²) in [6, 6.07) is 0.611. The molecule has 0 bridgehead atoms. The Balaban J connectivity index is 2.17. The molecule has 1 heterocycles. The van der Waals surface area contributed by atoms with Crippen molar-refractivity contribution in [3.8, 4) is 0 Å². The van der Waals surface area contributed by atoms with Gasteiger partial charge in [-0.15, -0.1) is 0 Å². The molecule has 1 atom stereocenters. The van der Waals surface area contributed by atoms with Crippen molar-refractivity contribution in [1.82, 2.24) is 15.1 Å². The van der Waals surface area contributed by atoms with Crippen LogP contribution in [0.15, 0.2) is 0 Å². The van der Waals surface area contributed by atoms with Crippen LogP contribution in [0.4, 0.5) is 0 Å². The molecular formula is C15H33N3O. The Morgan fingerprint density at radius 1 is 1.32 bits per heavy atom. The van der Waals surface area contributed by atoms with Gasteiger partial charge in [0.15, 0.2) is 0 Å². The van der Waals surface area contributed by atoms with E-state index < -0.39 is 0 Å². The first-order chi connectivity index (χ1) is 8.97. The van der Waals surface area contributed by atoms with Gasteiger partial charge in [0.05, 0.1) is 0 Å². The Bertz CT molecular complexity index is 246. The van der Waals surface area contributed by atoms with Crippen LogP contribution in [0, 0.1) is 0 Å². The largest absolute Gasteiger partial charge is 0.382 e. The maximum Gasteiger partial charge on any atom is 0.0477 e. The fourth-order valence-electron chi connectivity index (χ4n) is 2.54. The third-order valence-electron chi connectivity index (χ3n) is 4.26. The highest BCUT2D eigenvalue weighted by Gasteiger charge is 2.32. The van der Waals surface area contributed by atoms with Gasteiger partial charge in [0.25, 0.3) is 0 Å². The summed E-state index contributed by atoms with van der Waals surface area (Å²) < 4.78 is 5.34. The Kier molecular flexibility index (Phi) is 7.29. The van der Waals surface area contributed by atoms with E-state index in [4.69, 9.17) is 4.74 Å². The van der Waals surface area contributed by atoms with E-state index in [9.17, 15) is 0 Å². The molecule has 1 N–H and O–H groups in total. The molecule has 0 aromatic rings. The van der Waals surface area contributed by atoms with Crippen LogP contribution in [0.25, 0.3) is 0 Å². The van der Waals surface area contributed by atoms with Crippen LogP contribution < -0.4 is 5.32 Å². The Hall–Kier alpha value is -0.160. The monoisotopic (exact) mass is 271 g/mol. The van der Waals surface area contributed by atoms with Crippen molar-refractivity contribution in [1.29, 1.82) is 0 Å². The fourth-order valence-corrected chi connectivity index (χ4v) is 2.54. The standard InChI is InChI=1S/C15H33N3O/c1-6-19-11-7-8-16-12-14(2)18-10-9-17(5)15(3,4)13-18/h14,16H,6-13H2,1-5H3. The zero-order chi connectivity index (χ0) is 14.3. The number of nitrogens with zero attached hydrogens (tertiary/aromatic N) is 2. The molecule has 0 saturated carbocycles. The molecule has 19 heavy (non-hydrogen) atoms. The van der Waals surface area contributed by atoms with Crippen LogP contribution in [0.3, 0.4) is 0 Å². The predicted molar refractivity (Wildman–Crippen MR) is 81.7 cm³/mol. The lowest BCUT2D eigenvalue weighted by molar-refractivity contribution is 0.0207. The fraction of sp³-hybridized carbons (Fsp3) is 1.00. The van der Waals surface area contributed by atoms with E-state index in [1.54, 1.807) is 0 Å². The summed E-state index contributed by atoms with van der Waals surface area (Å²) in [6.07, 6.45) is 1.11. The van der Waals surface area contributed by atoms with Crippen LogP contribution >= 0.6 is 0 Å². The maximum atomic E-state index is 5.34. The molecular weight excluding hydrogens is 238 g/mol. The minimum absolute atomic E-state index is 0.293. The van der Waals surface area contributed by atoms with E-state index in [2.05, 4.69) is 42.9 Å². The first-order valence-corrected chi connectivity index (χ1v) is 7.71. The molecule has 0 aromatic heterocycles. The van der Waals surface area contributed by atoms with E-state index in [-0.39, 0.29) is 0 Å². The number of nitrogens with one attached hydrogen (secondary N) is 1. The van der Waals surface area contributed by atoms with Gasteiger partial charge in [-0.2, -0.15) is 0 Å². The van der Waals surface area contributed by atoms with Crippen molar-refractivity contribution in [2.24, 2.45) is 0 Å². The molecule has 1 aliphatic rings. The minimum atomic E-state index is 0.293. The molecule has 4 heteroatoms. The van der Waals surface area contributed by atoms with Crippen LogP contribution in [-0.2, 0) is 4.74 Å². The number of hydrogen-bond donors (Lipinski definition) is 1. The molecule has 1 fully saturated rings. The Labute approximate surface area is 119 Å². The van der Waals surface area contributed by atoms with Crippen molar-refractivity contribution < 1.29 is 4.74 Å². The first kappa shape index (κ1) is 16.9. The van der Waals surface area contributed by atoms with Gasteiger partial charge in [0, 0.05) is 51.0 Å². The molecule has 1 aliphatic heterocycles.